The molecule has 1 aromatic heterocycles. The van der Waals surface area contributed by atoms with Gasteiger partial charge in [0.1, 0.15) is 0 Å². The predicted molar refractivity (Wildman–Crippen MR) is 75.8 cm³/mol. The van der Waals surface area contributed by atoms with Gasteiger partial charge < -0.3 is 10.2 Å². The summed E-state index contributed by atoms with van der Waals surface area (Å²) in [7, 11) is -2.17. The minimum absolute atomic E-state index is 0.132. The van der Waals surface area contributed by atoms with Gasteiger partial charge in [-0.15, -0.1) is 0 Å². The standard InChI is InChI=1S/C12H14N4O3S/c1-19-12-7-4-10(8-14-12)16-20(17,18)11-5-2-9(15-13)3-6-11/h2-8,15-16H,13H2,1H3. The summed E-state index contributed by atoms with van der Waals surface area (Å²) in [5.41, 5.74) is 3.40. The molecule has 0 unspecified atom stereocenters. The van der Waals surface area contributed by atoms with Gasteiger partial charge in [-0.3, -0.25) is 10.6 Å². The van der Waals surface area contributed by atoms with Crippen molar-refractivity contribution in [2.75, 3.05) is 17.3 Å². The van der Waals surface area contributed by atoms with Gasteiger partial charge in [0.25, 0.3) is 10.0 Å². The molecular weight excluding hydrogens is 280 g/mol. The molecule has 0 aliphatic heterocycles. The van der Waals surface area contributed by atoms with Crippen molar-refractivity contribution in [1.29, 1.82) is 0 Å². The number of nitrogen functional groups attached to an aromatic ring is 1. The number of ether oxygens (including phenoxy) is 1. The van der Waals surface area contributed by atoms with Crippen LogP contribution >= 0.6 is 0 Å². The molecule has 0 spiro atoms. The number of nitrogens with one attached hydrogen (secondary N) is 2. The number of rotatable bonds is 5. The summed E-state index contributed by atoms with van der Waals surface area (Å²) < 4.78 is 31.6. The highest BCUT2D eigenvalue weighted by molar-refractivity contribution is 7.92. The van der Waals surface area contributed by atoms with E-state index in [9.17, 15) is 8.42 Å². The van der Waals surface area contributed by atoms with Crippen molar-refractivity contribution in [2.24, 2.45) is 5.84 Å². The van der Waals surface area contributed by atoms with Gasteiger partial charge in [-0.1, -0.05) is 0 Å². The summed E-state index contributed by atoms with van der Waals surface area (Å²) in [5, 5.41) is 0. The Bertz CT molecular complexity index is 669. The quantitative estimate of drug-likeness (QED) is 0.564. The van der Waals surface area contributed by atoms with E-state index in [-0.39, 0.29) is 4.90 Å². The summed E-state index contributed by atoms with van der Waals surface area (Å²) in [6, 6.07) is 9.18. The molecular formula is C12H14N4O3S. The number of hydrogen-bond acceptors (Lipinski definition) is 6. The van der Waals surface area contributed by atoms with E-state index in [1.807, 2.05) is 0 Å². The minimum atomic E-state index is -3.66. The number of hydrogen-bond donors (Lipinski definition) is 3. The van der Waals surface area contributed by atoms with Crippen LogP contribution in [0.25, 0.3) is 0 Å². The summed E-state index contributed by atoms with van der Waals surface area (Å²) in [6.07, 6.45) is 1.38. The highest BCUT2D eigenvalue weighted by Gasteiger charge is 2.14. The number of methoxy groups -OCH3 is 1. The molecule has 0 radical (unpaired) electrons. The Morgan fingerprint density at radius 3 is 2.25 bits per heavy atom. The van der Waals surface area contributed by atoms with Crippen LogP contribution in [-0.2, 0) is 10.0 Å². The second-order valence-electron chi connectivity index (χ2n) is 3.86. The third kappa shape index (κ3) is 3.16. The summed E-state index contributed by atoms with van der Waals surface area (Å²) in [5.74, 6) is 5.63. The molecule has 8 heteroatoms. The van der Waals surface area contributed by atoms with Gasteiger partial charge in [-0.25, -0.2) is 13.4 Å². The lowest BCUT2D eigenvalue weighted by molar-refractivity contribution is 0.398. The third-order valence-corrected chi connectivity index (χ3v) is 3.93. The molecule has 0 saturated heterocycles. The number of sulfonamides is 1. The molecule has 0 amide bonds. The highest BCUT2D eigenvalue weighted by atomic mass is 32.2. The third-order valence-electron chi connectivity index (χ3n) is 2.53. The van der Waals surface area contributed by atoms with Crippen molar-refractivity contribution in [2.45, 2.75) is 4.90 Å². The van der Waals surface area contributed by atoms with Crippen molar-refractivity contribution >= 4 is 21.4 Å². The van der Waals surface area contributed by atoms with Crippen molar-refractivity contribution in [3.8, 4) is 5.88 Å². The summed E-state index contributed by atoms with van der Waals surface area (Å²) >= 11 is 0. The fourth-order valence-electron chi connectivity index (χ4n) is 1.51. The summed E-state index contributed by atoms with van der Waals surface area (Å²) in [4.78, 5) is 4.06. The Hall–Kier alpha value is -2.32. The van der Waals surface area contributed by atoms with E-state index in [1.54, 1.807) is 24.3 Å². The molecule has 106 valence electrons. The lowest BCUT2D eigenvalue weighted by atomic mass is 10.3. The first-order valence-electron chi connectivity index (χ1n) is 5.65. The van der Waals surface area contributed by atoms with Gasteiger partial charge in [0.05, 0.1) is 23.9 Å². The molecule has 4 N–H and O–H groups in total. The van der Waals surface area contributed by atoms with Crippen molar-refractivity contribution in [1.82, 2.24) is 4.98 Å². The molecule has 20 heavy (non-hydrogen) atoms. The van der Waals surface area contributed by atoms with Crippen LogP contribution in [0.1, 0.15) is 0 Å². The Balaban J connectivity index is 2.20. The maximum atomic E-state index is 12.1. The summed E-state index contributed by atoms with van der Waals surface area (Å²) in [6.45, 7) is 0. The van der Waals surface area contributed by atoms with E-state index in [4.69, 9.17) is 10.6 Å². The predicted octanol–water partition coefficient (Wildman–Crippen LogP) is 1.18. The Morgan fingerprint density at radius 2 is 1.75 bits per heavy atom. The number of pyridine rings is 1. The molecule has 0 bridgehead atoms. The smallest absolute Gasteiger partial charge is 0.261 e. The number of hydrazine groups is 1. The van der Waals surface area contributed by atoms with Crippen LogP contribution in [-0.4, -0.2) is 20.5 Å². The molecule has 0 aliphatic rings. The monoisotopic (exact) mass is 294 g/mol. The minimum Gasteiger partial charge on any atom is -0.481 e. The maximum absolute atomic E-state index is 12.1. The number of aromatic nitrogens is 1. The Kier molecular flexibility index (Phi) is 4.06. The molecule has 1 heterocycles. The number of benzene rings is 1. The van der Waals surface area contributed by atoms with Crippen LogP contribution in [0.3, 0.4) is 0 Å². The molecule has 0 saturated carbocycles. The zero-order valence-electron chi connectivity index (χ0n) is 10.7. The van der Waals surface area contributed by atoms with E-state index in [0.717, 1.165) is 0 Å². The van der Waals surface area contributed by atoms with Crippen LogP contribution in [0.2, 0.25) is 0 Å². The molecule has 1 aromatic carbocycles. The van der Waals surface area contributed by atoms with Crippen molar-refractivity contribution in [3.63, 3.8) is 0 Å². The molecule has 7 nitrogen and oxygen atoms in total. The van der Waals surface area contributed by atoms with E-state index in [1.165, 1.54) is 25.4 Å². The SMILES string of the molecule is COc1ccc(NS(=O)(=O)c2ccc(NN)cc2)cn1. The molecule has 2 aromatic rings. The first-order valence-corrected chi connectivity index (χ1v) is 7.13. The molecule has 2 rings (SSSR count). The first-order chi connectivity index (χ1) is 9.55. The van der Waals surface area contributed by atoms with E-state index in [2.05, 4.69) is 15.1 Å². The Labute approximate surface area is 116 Å². The molecule has 0 atom stereocenters. The van der Waals surface area contributed by atoms with Crippen LogP contribution in [0, 0.1) is 0 Å². The number of nitrogens with two attached hydrogens (primary N) is 1. The van der Waals surface area contributed by atoms with Crippen LogP contribution in [0.15, 0.2) is 47.5 Å². The fourth-order valence-corrected chi connectivity index (χ4v) is 2.55. The first kappa shape index (κ1) is 14.1. The lowest BCUT2D eigenvalue weighted by Crippen LogP contribution is -2.13. The average molecular weight is 294 g/mol. The van der Waals surface area contributed by atoms with Gasteiger partial charge in [-0.05, 0) is 30.3 Å². The van der Waals surface area contributed by atoms with Gasteiger partial charge in [0.2, 0.25) is 5.88 Å². The fraction of sp³-hybridized carbons (Fsp3) is 0.0833. The van der Waals surface area contributed by atoms with Gasteiger partial charge >= 0.3 is 0 Å². The van der Waals surface area contributed by atoms with Crippen LogP contribution < -0.4 is 20.7 Å². The van der Waals surface area contributed by atoms with Crippen molar-refractivity contribution < 1.29 is 13.2 Å². The normalized spacial score (nSPS) is 10.9. The average Bonchev–Trinajstić information content (AvgIpc) is 2.48. The second kappa shape index (κ2) is 5.76. The Morgan fingerprint density at radius 1 is 1.10 bits per heavy atom. The zero-order chi connectivity index (χ0) is 14.6. The second-order valence-corrected chi connectivity index (χ2v) is 5.55. The lowest BCUT2D eigenvalue weighted by Gasteiger charge is -2.08. The van der Waals surface area contributed by atoms with Crippen LogP contribution in [0.4, 0.5) is 11.4 Å². The molecule has 0 fully saturated rings. The number of nitrogens with zero attached hydrogens (tertiary/aromatic N) is 1. The number of anilines is 2. The topological polar surface area (TPSA) is 106 Å². The molecule has 0 aliphatic carbocycles. The van der Waals surface area contributed by atoms with E-state index >= 15 is 0 Å². The van der Waals surface area contributed by atoms with Crippen LogP contribution in [0.5, 0.6) is 5.88 Å². The van der Waals surface area contributed by atoms with Crippen molar-refractivity contribution in [3.05, 3.63) is 42.6 Å². The van der Waals surface area contributed by atoms with Gasteiger partial charge in [0, 0.05) is 11.8 Å². The van der Waals surface area contributed by atoms with E-state index in [0.29, 0.717) is 17.3 Å². The zero-order valence-corrected chi connectivity index (χ0v) is 11.5. The van der Waals surface area contributed by atoms with E-state index < -0.39 is 10.0 Å². The largest absolute Gasteiger partial charge is 0.481 e. The van der Waals surface area contributed by atoms with Gasteiger partial charge in [0.15, 0.2) is 0 Å². The maximum Gasteiger partial charge on any atom is 0.261 e. The van der Waals surface area contributed by atoms with Gasteiger partial charge in [-0.2, -0.15) is 0 Å². The highest BCUT2D eigenvalue weighted by Crippen LogP contribution is 2.18.